The molecule has 0 saturated heterocycles. The van der Waals surface area contributed by atoms with Gasteiger partial charge in [0.05, 0.1) is 16.5 Å². The molecule has 0 radical (unpaired) electrons. The third-order valence-corrected chi connectivity index (χ3v) is 5.65. The van der Waals surface area contributed by atoms with Gasteiger partial charge < -0.3 is 5.32 Å². The van der Waals surface area contributed by atoms with E-state index >= 15 is 0 Å². The molecule has 3 atom stereocenters. The predicted molar refractivity (Wildman–Crippen MR) is 103 cm³/mol. The van der Waals surface area contributed by atoms with Crippen LogP contribution in [0.3, 0.4) is 0 Å². The van der Waals surface area contributed by atoms with E-state index in [9.17, 15) is 4.79 Å². The number of hydrogen-bond donors (Lipinski definition) is 3. The van der Waals surface area contributed by atoms with Crippen molar-refractivity contribution < 1.29 is 4.79 Å². The van der Waals surface area contributed by atoms with Gasteiger partial charge in [-0.3, -0.25) is 15.6 Å². The van der Waals surface area contributed by atoms with Gasteiger partial charge in [-0.1, -0.05) is 56.0 Å². The quantitative estimate of drug-likeness (QED) is 0.544. The Morgan fingerprint density at radius 3 is 2.67 bits per heavy atom. The van der Waals surface area contributed by atoms with Crippen LogP contribution >= 0.6 is 35.4 Å². The highest BCUT2D eigenvalue weighted by atomic mass is 35.5. The molecule has 1 aromatic carbocycles. The number of carbonyl (C=O) groups is 1. The Labute approximate surface area is 158 Å². The number of rotatable bonds is 3. The number of halogens is 2. The third-order valence-electron chi connectivity index (χ3n) is 4.69. The molecule has 1 amide bonds. The van der Waals surface area contributed by atoms with Crippen molar-refractivity contribution in [1.82, 2.24) is 16.2 Å². The molecule has 1 fully saturated rings. The first-order chi connectivity index (χ1) is 11.4. The highest BCUT2D eigenvalue weighted by molar-refractivity contribution is 7.80. The van der Waals surface area contributed by atoms with E-state index in [1.54, 1.807) is 18.2 Å². The first kappa shape index (κ1) is 19.3. The highest BCUT2D eigenvalue weighted by Gasteiger charge is 2.27. The summed E-state index contributed by atoms with van der Waals surface area (Å²) in [4.78, 5) is 12.0. The molecule has 0 spiro atoms. The van der Waals surface area contributed by atoms with Crippen LogP contribution in [-0.4, -0.2) is 17.1 Å². The standard InChI is InChI=1S/C17H23Cl2N3OS/c1-10-4-3-5-15(11(10)2)20-17(24)22-21-16(23)9-12-6-7-13(18)14(19)8-12/h6-8,10-11,15H,3-5,9H2,1-2H3,(H,21,23)(H2,20,22,24)/t10-,11+,15-/m0/s1. The normalized spacial score (nSPS) is 23.4. The molecule has 3 N–H and O–H groups in total. The fourth-order valence-electron chi connectivity index (χ4n) is 3.00. The Balaban J connectivity index is 1.76. The molecule has 1 saturated carbocycles. The van der Waals surface area contributed by atoms with Crippen LogP contribution in [0.25, 0.3) is 0 Å². The van der Waals surface area contributed by atoms with Crippen molar-refractivity contribution in [2.45, 2.75) is 45.6 Å². The number of nitrogens with one attached hydrogen (secondary N) is 3. The molecule has 0 aromatic heterocycles. The fraction of sp³-hybridized carbons (Fsp3) is 0.529. The van der Waals surface area contributed by atoms with Gasteiger partial charge in [-0.2, -0.15) is 0 Å². The summed E-state index contributed by atoms with van der Waals surface area (Å²) in [6.07, 6.45) is 3.77. The fourth-order valence-corrected chi connectivity index (χ4v) is 3.52. The lowest BCUT2D eigenvalue weighted by Crippen LogP contribution is -2.52. The number of carbonyl (C=O) groups excluding carboxylic acids is 1. The molecule has 0 bridgehead atoms. The maximum Gasteiger partial charge on any atom is 0.242 e. The number of benzene rings is 1. The van der Waals surface area contributed by atoms with Crippen LogP contribution in [-0.2, 0) is 11.2 Å². The lowest BCUT2D eigenvalue weighted by atomic mass is 9.78. The Hall–Kier alpha value is -1.04. The van der Waals surface area contributed by atoms with Crippen LogP contribution in [0.4, 0.5) is 0 Å². The summed E-state index contributed by atoms with van der Waals surface area (Å²) in [5.74, 6) is 1.05. The number of hydrazine groups is 1. The van der Waals surface area contributed by atoms with E-state index in [0.717, 1.165) is 12.0 Å². The summed E-state index contributed by atoms with van der Waals surface area (Å²) in [5, 5.41) is 4.66. The second-order valence-electron chi connectivity index (χ2n) is 6.45. The maximum atomic E-state index is 12.0. The van der Waals surface area contributed by atoms with Gasteiger partial charge in [-0.05, 0) is 48.2 Å². The third kappa shape index (κ3) is 5.50. The molecule has 0 unspecified atom stereocenters. The van der Waals surface area contributed by atoms with Gasteiger partial charge in [0.15, 0.2) is 5.11 Å². The number of hydrogen-bond acceptors (Lipinski definition) is 2. The van der Waals surface area contributed by atoms with Crippen LogP contribution in [0.2, 0.25) is 10.0 Å². The van der Waals surface area contributed by atoms with Crippen molar-refractivity contribution >= 4 is 46.4 Å². The van der Waals surface area contributed by atoms with E-state index < -0.39 is 0 Å². The Morgan fingerprint density at radius 1 is 1.21 bits per heavy atom. The van der Waals surface area contributed by atoms with Crippen LogP contribution in [0, 0.1) is 11.8 Å². The molecule has 2 rings (SSSR count). The van der Waals surface area contributed by atoms with Gasteiger partial charge >= 0.3 is 0 Å². The smallest absolute Gasteiger partial charge is 0.242 e. The molecule has 0 heterocycles. The predicted octanol–water partition coefficient (Wildman–Crippen LogP) is 3.86. The van der Waals surface area contributed by atoms with Gasteiger partial charge in [0.2, 0.25) is 5.91 Å². The largest absolute Gasteiger partial charge is 0.358 e. The van der Waals surface area contributed by atoms with E-state index in [0.29, 0.717) is 33.0 Å². The molecule has 24 heavy (non-hydrogen) atoms. The number of amides is 1. The van der Waals surface area contributed by atoms with Crippen LogP contribution < -0.4 is 16.2 Å². The topological polar surface area (TPSA) is 53.2 Å². The first-order valence-electron chi connectivity index (χ1n) is 8.16. The van der Waals surface area contributed by atoms with Crippen LogP contribution in [0.5, 0.6) is 0 Å². The maximum absolute atomic E-state index is 12.0. The molecule has 0 aliphatic heterocycles. The molecule has 7 heteroatoms. The van der Waals surface area contributed by atoms with E-state index in [-0.39, 0.29) is 12.3 Å². The van der Waals surface area contributed by atoms with E-state index in [4.69, 9.17) is 35.4 Å². The molecule has 1 aliphatic rings. The minimum atomic E-state index is -0.192. The molecule has 1 aliphatic carbocycles. The van der Waals surface area contributed by atoms with Gasteiger partial charge in [0, 0.05) is 6.04 Å². The number of thiocarbonyl (C=S) groups is 1. The van der Waals surface area contributed by atoms with E-state index in [2.05, 4.69) is 30.0 Å². The van der Waals surface area contributed by atoms with Crippen molar-refractivity contribution in [3.8, 4) is 0 Å². The van der Waals surface area contributed by atoms with Crippen LogP contribution in [0.1, 0.15) is 38.7 Å². The average molecular weight is 388 g/mol. The minimum Gasteiger partial charge on any atom is -0.358 e. The highest BCUT2D eigenvalue weighted by Crippen LogP contribution is 2.29. The summed E-state index contributed by atoms with van der Waals surface area (Å²) < 4.78 is 0. The molecule has 4 nitrogen and oxygen atoms in total. The zero-order chi connectivity index (χ0) is 17.7. The Kier molecular flexibility index (Phi) is 7.14. The average Bonchev–Trinajstić information content (AvgIpc) is 2.53. The summed E-state index contributed by atoms with van der Waals surface area (Å²) in [5.41, 5.74) is 6.17. The van der Waals surface area contributed by atoms with Gasteiger partial charge in [0.1, 0.15) is 0 Å². The molecular weight excluding hydrogens is 365 g/mol. The van der Waals surface area contributed by atoms with Crippen molar-refractivity contribution in [2.75, 3.05) is 0 Å². The second-order valence-corrected chi connectivity index (χ2v) is 7.67. The molecule has 1 aromatic rings. The van der Waals surface area contributed by atoms with Crippen molar-refractivity contribution in [1.29, 1.82) is 0 Å². The monoisotopic (exact) mass is 387 g/mol. The van der Waals surface area contributed by atoms with E-state index in [1.807, 2.05) is 0 Å². The Bertz CT molecular complexity index is 611. The SMILES string of the molecule is C[C@H]1[C@@H](NC(=S)NNC(=O)Cc2ccc(Cl)c(Cl)c2)CCC[C@@H]1C. The second kappa shape index (κ2) is 8.88. The molecular formula is C17H23Cl2N3OS. The Morgan fingerprint density at radius 2 is 1.96 bits per heavy atom. The van der Waals surface area contributed by atoms with Crippen molar-refractivity contribution in [3.63, 3.8) is 0 Å². The summed E-state index contributed by atoms with van der Waals surface area (Å²) >= 11 is 17.1. The first-order valence-corrected chi connectivity index (χ1v) is 9.32. The van der Waals surface area contributed by atoms with Gasteiger partial charge in [-0.25, -0.2) is 0 Å². The zero-order valence-electron chi connectivity index (χ0n) is 13.9. The van der Waals surface area contributed by atoms with Crippen molar-refractivity contribution in [3.05, 3.63) is 33.8 Å². The van der Waals surface area contributed by atoms with E-state index in [1.165, 1.54) is 12.8 Å². The summed E-state index contributed by atoms with van der Waals surface area (Å²) in [7, 11) is 0. The minimum absolute atomic E-state index is 0.192. The summed E-state index contributed by atoms with van der Waals surface area (Å²) in [6.45, 7) is 4.51. The summed E-state index contributed by atoms with van der Waals surface area (Å²) in [6, 6.07) is 5.49. The molecule has 132 valence electrons. The lowest BCUT2D eigenvalue weighted by Gasteiger charge is -2.35. The zero-order valence-corrected chi connectivity index (χ0v) is 16.2. The van der Waals surface area contributed by atoms with Gasteiger partial charge in [0.25, 0.3) is 0 Å². The van der Waals surface area contributed by atoms with Gasteiger partial charge in [-0.15, -0.1) is 0 Å². The van der Waals surface area contributed by atoms with Crippen molar-refractivity contribution in [2.24, 2.45) is 11.8 Å². The lowest BCUT2D eigenvalue weighted by molar-refractivity contribution is -0.121. The van der Waals surface area contributed by atoms with Crippen LogP contribution in [0.15, 0.2) is 18.2 Å².